The average Bonchev–Trinajstić information content (AvgIpc) is 2.61. The van der Waals surface area contributed by atoms with Crippen LogP contribution in [0.25, 0.3) is 10.9 Å². The molecule has 0 bridgehead atoms. The van der Waals surface area contributed by atoms with Gasteiger partial charge in [-0.3, -0.25) is 4.68 Å². The highest BCUT2D eigenvalue weighted by molar-refractivity contribution is 5.79. The molecular weight excluding hydrogens is 183 g/mol. The number of aromatic nitrogens is 2. The molecule has 3 nitrogen and oxygen atoms in total. The van der Waals surface area contributed by atoms with Crippen molar-refractivity contribution in [2.45, 2.75) is 13.2 Å². The van der Waals surface area contributed by atoms with E-state index in [-0.39, 0.29) is 13.2 Å². The fraction of sp³-hybridized carbons (Fsp3) is 0.300. The van der Waals surface area contributed by atoms with E-state index in [2.05, 4.69) is 5.10 Å². The van der Waals surface area contributed by atoms with Gasteiger partial charge < -0.3 is 5.11 Å². The Labute approximate surface area is 80.8 Å². The maximum Gasteiger partial charge on any atom is 0.109 e. The van der Waals surface area contributed by atoms with Gasteiger partial charge >= 0.3 is 0 Å². The Balaban J connectivity index is 2.52. The van der Waals surface area contributed by atoms with Gasteiger partial charge in [-0.1, -0.05) is 12.1 Å². The van der Waals surface area contributed by atoms with Gasteiger partial charge in [0.25, 0.3) is 0 Å². The summed E-state index contributed by atoms with van der Waals surface area (Å²) >= 11 is 0. The summed E-state index contributed by atoms with van der Waals surface area (Å²) in [6, 6.07) is 5.55. The van der Waals surface area contributed by atoms with E-state index >= 15 is 0 Å². The number of aliphatic hydroxyl groups is 1. The summed E-state index contributed by atoms with van der Waals surface area (Å²) in [5.74, 6) is 0. The average molecular weight is 194 g/mol. The highest BCUT2D eigenvalue weighted by Gasteiger charge is 2.02. The molecule has 0 saturated heterocycles. The number of fused-ring (bicyclic) bond motifs is 1. The van der Waals surface area contributed by atoms with Crippen LogP contribution in [0.1, 0.15) is 5.56 Å². The summed E-state index contributed by atoms with van der Waals surface area (Å²) < 4.78 is 13.8. The largest absolute Gasteiger partial charge is 0.392 e. The van der Waals surface area contributed by atoms with Crippen LogP contribution in [0.4, 0.5) is 4.39 Å². The van der Waals surface area contributed by atoms with Gasteiger partial charge in [0.1, 0.15) is 6.67 Å². The molecule has 0 aliphatic heterocycles. The first-order valence-corrected chi connectivity index (χ1v) is 4.46. The number of aliphatic hydroxyl groups excluding tert-OH is 1. The Kier molecular flexibility index (Phi) is 2.45. The summed E-state index contributed by atoms with van der Waals surface area (Å²) in [6.07, 6.45) is 1.70. The van der Waals surface area contributed by atoms with Crippen molar-refractivity contribution in [3.8, 4) is 0 Å². The molecule has 2 rings (SSSR count). The molecular formula is C10H11FN2O. The van der Waals surface area contributed by atoms with E-state index in [4.69, 9.17) is 5.11 Å². The van der Waals surface area contributed by atoms with Gasteiger partial charge in [-0.05, 0) is 11.6 Å². The summed E-state index contributed by atoms with van der Waals surface area (Å²) in [6.45, 7) is -0.171. The zero-order valence-corrected chi connectivity index (χ0v) is 7.65. The Morgan fingerprint density at radius 3 is 3.00 bits per heavy atom. The van der Waals surface area contributed by atoms with E-state index in [1.54, 1.807) is 10.9 Å². The quantitative estimate of drug-likeness (QED) is 0.804. The van der Waals surface area contributed by atoms with Crippen LogP contribution in [-0.4, -0.2) is 21.6 Å². The minimum atomic E-state index is -0.430. The molecule has 0 spiro atoms. The minimum Gasteiger partial charge on any atom is -0.392 e. The molecule has 0 aliphatic carbocycles. The van der Waals surface area contributed by atoms with Gasteiger partial charge in [-0.2, -0.15) is 5.10 Å². The Hall–Kier alpha value is -1.42. The second-order valence-corrected chi connectivity index (χ2v) is 3.11. The monoisotopic (exact) mass is 194 g/mol. The predicted molar refractivity (Wildman–Crippen MR) is 51.6 cm³/mol. The Bertz CT molecular complexity index is 439. The van der Waals surface area contributed by atoms with Crippen molar-refractivity contribution in [2.24, 2.45) is 0 Å². The van der Waals surface area contributed by atoms with E-state index in [0.29, 0.717) is 0 Å². The molecule has 0 saturated carbocycles. The summed E-state index contributed by atoms with van der Waals surface area (Å²) in [4.78, 5) is 0. The molecule has 1 aromatic heterocycles. The van der Waals surface area contributed by atoms with Gasteiger partial charge in [0, 0.05) is 5.39 Å². The third-order valence-electron chi connectivity index (χ3n) is 2.19. The SMILES string of the molecule is OCc1ccc2cnn(CCF)c2c1. The van der Waals surface area contributed by atoms with Crippen LogP contribution in [-0.2, 0) is 13.2 Å². The first-order chi connectivity index (χ1) is 6.85. The van der Waals surface area contributed by atoms with E-state index in [1.807, 2.05) is 18.2 Å². The molecule has 2 aromatic rings. The number of hydrogen-bond acceptors (Lipinski definition) is 2. The maximum absolute atomic E-state index is 12.2. The Morgan fingerprint density at radius 1 is 1.43 bits per heavy atom. The van der Waals surface area contributed by atoms with Crippen molar-refractivity contribution in [2.75, 3.05) is 6.67 Å². The standard InChI is InChI=1S/C10H11FN2O/c11-3-4-13-10-5-8(7-14)1-2-9(10)6-12-13/h1-2,5-6,14H,3-4,7H2. The smallest absolute Gasteiger partial charge is 0.109 e. The molecule has 0 radical (unpaired) electrons. The third kappa shape index (κ3) is 1.48. The van der Waals surface area contributed by atoms with Crippen molar-refractivity contribution >= 4 is 10.9 Å². The van der Waals surface area contributed by atoms with Gasteiger partial charge in [0.15, 0.2) is 0 Å². The fourth-order valence-electron chi connectivity index (χ4n) is 1.47. The van der Waals surface area contributed by atoms with Crippen LogP contribution < -0.4 is 0 Å². The lowest BCUT2D eigenvalue weighted by Gasteiger charge is -2.01. The minimum absolute atomic E-state index is 0.00323. The van der Waals surface area contributed by atoms with Gasteiger partial charge in [-0.25, -0.2) is 4.39 Å². The Morgan fingerprint density at radius 2 is 2.29 bits per heavy atom. The van der Waals surface area contributed by atoms with Gasteiger partial charge in [0.2, 0.25) is 0 Å². The van der Waals surface area contributed by atoms with Crippen molar-refractivity contribution in [1.29, 1.82) is 0 Å². The molecule has 0 unspecified atom stereocenters. The topological polar surface area (TPSA) is 38.1 Å². The molecule has 4 heteroatoms. The first-order valence-electron chi connectivity index (χ1n) is 4.46. The van der Waals surface area contributed by atoms with E-state index in [0.717, 1.165) is 16.5 Å². The molecule has 1 aromatic carbocycles. The molecule has 0 aliphatic rings. The van der Waals surface area contributed by atoms with Crippen LogP contribution in [0, 0.1) is 0 Å². The van der Waals surface area contributed by atoms with Crippen LogP contribution in [0.3, 0.4) is 0 Å². The number of alkyl halides is 1. The number of nitrogens with zero attached hydrogens (tertiary/aromatic N) is 2. The molecule has 0 amide bonds. The number of hydrogen-bond donors (Lipinski definition) is 1. The third-order valence-corrected chi connectivity index (χ3v) is 2.19. The highest BCUT2D eigenvalue weighted by atomic mass is 19.1. The fourth-order valence-corrected chi connectivity index (χ4v) is 1.47. The summed E-state index contributed by atoms with van der Waals surface area (Å²) in [7, 11) is 0. The normalized spacial score (nSPS) is 11.0. The van der Waals surface area contributed by atoms with Crippen LogP contribution >= 0.6 is 0 Å². The van der Waals surface area contributed by atoms with Gasteiger partial charge in [-0.15, -0.1) is 0 Å². The summed E-state index contributed by atoms with van der Waals surface area (Å²) in [5.41, 5.74) is 1.69. The van der Waals surface area contributed by atoms with E-state index in [9.17, 15) is 4.39 Å². The summed E-state index contributed by atoms with van der Waals surface area (Å²) in [5, 5.41) is 14.0. The predicted octanol–water partition coefficient (Wildman–Crippen LogP) is 1.50. The highest BCUT2D eigenvalue weighted by Crippen LogP contribution is 2.15. The molecule has 14 heavy (non-hydrogen) atoms. The number of rotatable bonds is 3. The lowest BCUT2D eigenvalue weighted by Crippen LogP contribution is -2.01. The second kappa shape index (κ2) is 3.75. The van der Waals surface area contributed by atoms with E-state index < -0.39 is 6.67 Å². The van der Waals surface area contributed by atoms with Crippen molar-refractivity contribution < 1.29 is 9.50 Å². The molecule has 1 heterocycles. The number of halogens is 1. The van der Waals surface area contributed by atoms with Crippen LogP contribution in [0.5, 0.6) is 0 Å². The molecule has 0 fully saturated rings. The lowest BCUT2D eigenvalue weighted by atomic mass is 10.2. The maximum atomic E-state index is 12.2. The lowest BCUT2D eigenvalue weighted by molar-refractivity contribution is 0.282. The number of benzene rings is 1. The molecule has 1 N–H and O–H groups in total. The van der Waals surface area contributed by atoms with Crippen molar-refractivity contribution in [3.63, 3.8) is 0 Å². The zero-order valence-electron chi connectivity index (χ0n) is 7.65. The van der Waals surface area contributed by atoms with Gasteiger partial charge in [0.05, 0.1) is 24.9 Å². The number of aryl methyl sites for hydroxylation is 1. The van der Waals surface area contributed by atoms with Crippen LogP contribution in [0.2, 0.25) is 0 Å². The van der Waals surface area contributed by atoms with Crippen molar-refractivity contribution in [3.05, 3.63) is 30.0 Å². The van der Waals surface area contributed by atoms with E-state index in [1.165, 1.54) is 0 Å². The van der Waals surface area contributed by atoms with Crippen LogP contribution in [0.15, 0.2) is 24.4 Å². The second-order valence-electron chi connectivity index (χ2n) is 3.11. The first kappa shape index (κ1) is 9.15. The molecule has 74 valence electrons. The zero-order chi connectivity index (χ0) is 9.97. The molecule has 0 atom stereocenters. The van der Waals surface area contributed by atoms with Crippen molar-refractivity contribution in [1.82, 2.24) is 9.78 Å².